The molecular weight excluding hydrogens is 344 g/mol. The van der Waals surface area contributed by atoms with Crippen LogP contribution in [0.1, 0.15) is 31.8 Å². The molecule has 2 heterocycles. The van der Waals surface area contributed by atoms with Crippen LogP contribution in [0.5, 0.6) is 5.75 Å². The minimum atomic E-state index is -0.565. The van der Waals surface area contributed by atoms with E-state index in [1.807, 2.05) is 25.1 Å². The molecule has 0 saturated carbocycles. The average molecular weight is 362 g/mol. The molecule has 2 aromatic heterocycles. The number of hydrogen-bond acceptors (Lipinski definition) is 5. The van der Waals surface area contributed by atoms with Gasteiger partial charge in [0.25, 0.3) is 5.91 Å². The van der Waals surface area contributed by atoms with Crippen molar-refractivity contribution in [3.8, 4) is 5.75 Å². The Morgan fingerprint density at radius 2 is 1.81 bits per heavy atom. The number of aromatic nitrogens is 2. The third-order valence-electron chi connectivity index (χ3n) is 3.94. The molecule has 7 heteroatoms. The number of primary amides is 1. The number of ether oxygens (including phenoxy) is 1. The van der Waals surface area contributed by atoms with Gasteiger partial charge in [-0.25, -0.2) is 0 Å². The zero-order chi connectivity index (χ0) is 19.2. The Bertz CT molecular complexity index is 974. The fourth-order valence-corrected chi connectivity index (χ4v) is 2.40. The number of hydrogen-bond donors (Lipinski definition) is 2. The molecule has 0 fully saturated rings. The number of nitrogens with one attached hydrogen (secondary N) is 1. The number of pyridine rings is 2. The van der Waals surface area contributed by atoms with Crippen LogP contribution in [-0.2, 0) is 6.61 Å². The Balaban J connectivity index is 1.71. The number of benzene rings is 1. The van der Waals surface area contributed by atoms with Crippen molar-refractivity contribution in [2.75, 3.05) is 5.32 Å². The van der Waals surface area contributed by atoms with Crippen LogP contribution in [0.2, 0.25) is 0 Å². The molecule has 0 aliphatic carbocycles. The third kappa shape index (κ3) is 4.66. The summed E-state index contributed by atoms with van der Waals surface area (Å²) < 4.78 is 5.72. The van der Waals surface area contributed by atoms with Crippen LogP contribution in [0.4, 0.5) is 5.69 Å². The van der Waals surface area contributed by atoms with E-state index in [4.69, 9.17) is 10.5 Å². The number of nitrogens with two attached hydrogens (primary N) is 1. The second-order valence-corrected chi connectivity index (χ2v) is 5.89. The molecular formula is C20H18N4O3. The molecule has 0 aliphatic rings. The lowest BCUT2D eigenvalue weighted by molar-refractivity contribution is 0.0997. The lowest BCUT2D eigenvalue weighted by Crippen LogP contribution is -2.12. The van der Waals surface area contributed by atoms with E-state index in [9.17, 15) is 9.59 Å². The average Bonchev–Trinajstić information content (AvgIpc) is 2.69. The van der Waals surface area contributed by atoms with Crippen LogP contribution in [-0.4, -0.2) is 21.8 Å². The van der Waals surface area contributed by atoms with Gasteiger partial charge in [-0.2, -0.15) is 0 Å². The van der Waals surface area contributed by atoms with E-state index >= 15 is 0 Å². The molecule has 0 saturated heterocycles. The maximum atomic E-state index is 12.3. The van der Waals surface area contributed by atoms with Crippen molar-refractivity contribution in [3.05, 3.63) is 83.4 Å². The summed E-state index contributed by atoms with van der Waals surface area (Å²) in [5, 5.41) is 2.85. The van der Waals surface area contributed by atoms with Gasteiger partial charge in [-0.15, -0.1) is 0 Å². The number of amides is 2. The molecule has 3 rings (SSSR count). The summed E-state index contributed by atoms with van der Waals surface area (Å²) in [7, 11) is 0. The molecule has 2 amide bonds. The summed E-state index contributed by atoms with van der Waals surface area (Å²) >= 11 is 0. The number of carbonyl (C=O) groups excluding carboxylic acids is 2. The van der Waals surface area contributed by atoms with Gasteiger partial charge >= 0.3 is 0 Å². The van der Waals surface area contributed by atoms with Crippen LogP contribution in [0.3, 0.4) is 0 Å². The summed E-state index contributed by atoms with van der Waals surface area (Å²) in [6.45, 7) is 2.21. The monoisotopic (exact) mass is 362 g/mol. The Morgan fingerprint density at radius 1 is 1.04 bits per heavy atom. The highest BCUT2D eigenvalue weighted by molar-refractivity contribution is 6.04. The predicted octanol–water partition coefficient (Wildman–Crippen LogP) is 2.72. The van der Waals surface area contributed by atoms with Gasteiger partial charge in [0.1, 0.15) is 12.4 Å². The number of carbonyl (C=O) groups is 2. The van der Waals surface area contributed by atoms with Gasteiger partial charge < -0.3 is 15.8 Å². The van der Waals surface area contributed by atoms with Gasteiger partial charge in [0.05, 0.1) is 11.8 Å². The van der Waals surface area contributed by atoms with Crippen LogP contribution in [0.15, 0.2) is 61.2 Å². The minimum absolute atomic E-state index is 0.216. The van der Waals surface area contributed by atoms with Gasteiger partial charge in [-0.1, -0.05) is 6.07 Å². The summed E-state index contributed by atoms with van der Waals surface area (Å²) in [5.41, 5.74) is 8.62. The Hall–Kier alpha value is -3.74. The zero-order valence-corrected chi connectivity index (χ0v) is 14.7. The molecule has 1 aromatic carbocycles. The predicted molar refractivity (Wildman–Crippen MR) is 100 cm³/mol. The first kappa shape index (κ1) is 18.1. The first-order chi connectivity index (χ1) is 13.0. The van der Waals surface area contributed by atoms with Gasteiger partial charge in [0.15, 0.2) is 0 Å². The van der Waals surface area contributed by atoms with E-state index in [1.54, 1.807) is 30.6 Å². The molecule has 3 aromatic rings. The SMILES string of the molecule is Cc1ccc(NC(=O)c2ccncc2)cc1COc1cncc(C(N)=O)c1. The van der Waals surface area contributed by atoms with Crippen LogP contribution in [0.25, 0.3) is 0 Å². The molecule has 0 atom stereocenters. The van der Waals surface area contributed by atoms with Crippen molar-refractivity contribution >= 4 is 17.5 Å². The summed E-state index contributed by atoms with van der Waals surface area (Å²) in [6, 6.07) is 10.4. The van der Waals surface area contributed by atoms with Gasteiger partial charge in [-0.3, -0.25) is 19.6 Å². The van der Waals surface area contributed by atoms with Gasteiger partial charge in [0.2, 0.25) is 5.91 Å². The van der Waals surface area contributed by atoms with Crippen molar-refractivity contribution in [2.45, 2.75) is 13.5 Å². The van der Waals surface area contributed by atoms with Crippen molar-refractivity contribution in [2.24, 2.45) is 5.73 Å². The number of nitrogens with zero attached hydrogens (tertiary/aromatic N) is 2. The van der Waals surface area contributed by atoms with E-state index in [1.165, 1.54) is 12.4 Å². The number of anilines is 1. The Morgan fingerprint density at radius 3 is 2.56 bits per heavy atom. The summed E-state index contributed by atoms with van der Waals surface area (Å²) in [4.78, 5) is 31.3. The van der Waals surface area contributed by atoms with E-state index in [0.29, 0.717) is 17.0 Å². The number of aryl methyl sites for hydroxylation is 1. The molecule has 0 spiro atoms. The van der Waals surface area contributed by atoms with Crippen LogP contribution < -0.4 is 15.8 Å². The fourth-order valence-electron chi connectivity index (χ4n) is 2.40. The van der Waals surface area contributed by atoms with E-state index < -0.39 is 5.91 Å². The standard InChI is InChI=1S/C20H18N4O3/c1-13-2-3-17(24-20(26)14-4-6-22-7-5-14)8-16(13)12-27-18-9-15(19(21)25)10-23-11-18/h2-11H,12H2,1H3,(H2,21,25)(H,24,26). The second kappa shape index (κ2) is 8.09. The van der Waals surface area contributed by atoms with Gasteiger partial charge in [0, 0.05) is 29.8 Å². The largest absolute Gasteiger partial charge is 0.487 e. The smallest absolute Gasteiger partial charge is 0.255 e. The molecule has 27 heavy (non-hydrogen) atoms. The zero-order valence-electron chi connectivity index (χ0n) is 14.7. The molecule has 0 aliphatic heterocycles. The minimum Gasteiger partial charge on any atom is -0.487 e. The van der Waals surface area contributed by atoms with Crippen molar-refractivity contribution in [3.63, 3.8) is 0 Å². The third-order valence-corrected chi connectivity index (χ3v) is 3.94. The maximum Gasteiger partial charge on any atom is 0.255 e. The van der Waals surface area contributed by atoms with Crippen LogP contribution in [0, 0.1) is 6.92 Å². The highest BCUT2D eigenvalue weighted by atomic mass is 16.5. The number of rotatable bonds is 6. The van der Waals surface area contributed by atoms with E-state index in [-0.39, 0.29) is 18.1 Å². The molecule has 3 N–H and O–H groups in total. The van der Waals surface area contributed by atoms with E-state index in [2.05, 4.69) is 15.3 Å². The normalized spacial score (nSPS) is 10.3. The first-order valence-electron chi connectivity index (χ1n) is 8.21. The second-order valence-electron chi connectivity index (χ2n) is 5.89. The van der Waals surface area contributed by atoms with Crippen molar-refractivity contribution in [1.82, 2.24) is 9.97 Å². The lowest BCUT2D eigenvalue weighted by atomic mass is 10.1. The molecule has 7 nitrogen and oxygen atoms in total. The Labute approximate surface area is 156 Å². The summed E-state index contributed by atoms with van der Waals surface area (Å²) in [5.74, 6) is -0.339. The maximum absolute atomic E-state index is 12.3. The molecule has 0 radical (unpaired) electrons. The fraction of sp³-hybridized carbons (Fsp3) is 0.100. The quantitative estimate of drug-likeness (QED) is 0.701. The Kier molecular flexibility index (Phi) is 5.41. The summed E-state index contributed by atoms with van der Waals surface area (Å²) in [6.07, 6.45) is 6.03. The van der Waals surface area contributed by atoms with Crippen LogP contribution >= 0.6 is 0 Å². The first-order valence-corrected chi connectivity index (χ1v) is 8.21. The molecule has 136 valence electrons. The lowest BCUT2D eigenvalue weighted by Gasteiger charge is -2.12. The van der Waals surface area contributed by atoms with E-state index in [0.717, 1.165) is 11.1 Å². The molecule has 0 unspecified atom stereocenters. The molecule has 0 bridgehead atoms. The van der Waals surface area contributed by atoms with Crippen molar-refractivity contribution < 1.29 is 14.3 Å². The van der Waals surface area contributed by atoms with Gasteiger partial charge in [-0.05, 0) is 48.4 Å². The highest BCUT2D eigenvalue weighted by Gasteiger charge is 2.08. The topological polar surface area (TPSA) is 107 Å². The highest BCUT2D eigenvalue weighted by Crippen LogP contribution is 2.19. The van der Waals surface area contributed by atoms with Crippen molar-refractivity contribution in [1.29, 1.82) is 0 Å².